The Bertz CT molecular complexity index is 158. The van der Waals surface area contributed by atoms with Gasteiger partial charge in [-0.2, -0.15) is 0 Å². The first-order chi connectivity index (χ1) is 5.99. The van der Waals surface area contributed by atoms with Gasteiger partial charge in [0.15, 0.2) is 0 Å². The van der Waals surface area contributed by atoms with E-state index in [0.717, 1.165) is 0 Å². The molecule has 13 heavy (non-hydrogen) atoms. The van der Waals surface area contributed by atoms with Crippen LogP contribution >= 0.6 is 0 Å². The summed E-state index contributed by atoms with van der Waals surface area (Å²) in [6, 6.07) is 0. The number of rotatable bonds is 2. The molecular formula is C8H17NO4. The summed E-state index contributed by atoms with van der Waals surface area (Å²) in [6.45, 7) is 3.15. The van der Waals surface area contributed by atoms with E-state index >= 15 is 0 Å². The van der Waals surface area contributed by atoms with Crippen molar-refractivity contribution >= 4 is 11.9 Å². The van der Waals surface area contributed by atoms with Crippen LogP contribution in [0.3, 0.4) is 0 Å². The Morgan fingerprint density at radius 2 is 1.69 bits per heavy atom. The number of carbonyl (C=O) groups is 2. The van der Waals surface area contributed by atoms with Gasteiger partial charge in [0.05, 0.1) is 14.2 Å². The zero-order valence-corrected chi connectivity index (χ0v) is 8.79. The molecule has 0 saturated carbocycles. The number of ether oxygens (including phenoxy) is 1. The average molecular weight is 191 g/mol. The first-order valence-electron chi connectivity index (χ1n) is 3.84. The second-order valence-electron chi connectivity index (χ2n) is 2.12. The molecule has 0 spiro atoms. The Hall–Kier alpha value is -1.10. The van der Waals surface area contributed by atoms with E-state index in [2.05, 4.69) is 9.57 Å². The smallest absolute Gasteiger partial charge is 0.302 e. The number of methoxy groups -OCH3 is 1. The third-order valence-corrected chi connectivity index (χ3v) is 1.21. The Balaban J connectivity index is 0. The van der Waals surface area contributed by atoms with Gasteiger partial charge >= 0.3 is 5.97 Å². The van der Waals surface area contributed by atoms with Crippen LogP contribution in [0.4, 0.5) is 0 Å². The zero-order valence-electron chi connectivity index (χ0n) is 8.79. The van der Waals surface area contributed by atoms with Crippen molar-refractivity contribution in [2.24, 2.45) is 0 Å². The number of amides is 1. The molecule has 5 nitrogen and oxygen atoms in total. The third-order valence-electron chi connectivity index (χ3n) is 1.21. The van der Waals surface area contributed by atoms with Gasteiger partial charge < -0.3 is 4.74 Å². The Morgan fingerprint density at radius 1 is 1.31 bits per heavy atom. The fourth-order valence-corrected chi connectivity index (χ4v) is 0.324. The van der Waals surface area contributed by atoms with E-state index in [0.29, 0.717) is 6.42 Å². The molecule has 0 unspecified atom stereocenters. The molecule has 0 aromatic rings. The van der Waals surface area contributed by atoms with Gasteiger partial charge in [-0.15, -0.1) is 0 Å². The van der Waals surface area contributed by atoms with Crippen molar-refractivity contribution in [1.82, 2.24) is 5.06 Å². The molecule has 78 valence electrons. The summed E-state index contributed by atoms with van der Waals surface area (Å²) in [5, 5.41) is 1.21. The van der Waals surface area contributed by atoms with E-state index < -0.39 is 0 Å². The maximum atomic E-state index is 10.5. The highest BCUT2D eigenvalue weighted by Crippen LogP contribution is 1.86. The molecule has 5 heteroatoms. The highest BCUT2D eigenvalue weighted by Gasteiger charge is 2.01. The summed E-state index contributed by atoms with van der Waals surface area (Å²) in [5.74, 6) is -0.252. The number of nitrogens with zero attached hydrogens (tertiary/aromatic N) is 1. The van der Waals surface area contributed by atoms with E-state index in [1.54, 1.807) is 14.0 Å². The fourth-order valence-electron chi connectivity index (χ4n) is 0.324. The number of carbonyl (C=O) groups excluding carboxylic acids is 2. The highest BCUT2D eigenvalue weighted by molar-refractivity contribution is 5.74. The molecule has 0 heterocycles. The molecule has 0 rings (SSSR count). The summed E-state index contributed by atoms with van der Waals surface area (Å²) in [5.41, 5.74) is 0. The molecule has 0 aliphatic carbocycles. The molecule has 0 aliphatic rings. The zero-order chi connectivity index (χ0) is 10.9. The van der Waals surface area contributed by atoms with Crippen molar-refractivity contribution in [1.29, 1.82) is 0 Å². The minimum atomic E-state index is -0.245. The van der Waals surface area contributed by atoms with Crippen molar-refractivity contribution in [2.75, 3.05) is 21.3 Å². The van der Waals surface area contributed by atoms with Crippen LogP contribution in [-0.2, 0) is 19.2 Å². The number of hydrogen-bond acceptors (Lipinski definition) is 4. The van der Waals surface area contributed by atoms with Crippen LogP contribution in [0.25, 0.3) is 0 Å². The Labute approximate surface area is 78.6 Å². The van der Waals surface area contributed by atoms with Crippen LogP contribution in [0.5, 0.6) is 0 Å². The maximum absolute atomic E-state index is 10.5. The van der Waals surface area contributed by atoms with Crippen LogP contribution in [-0.4, -0.2) is 38.2 Å². The molecule has 0 aromatic carbocycles. The predicted molar refractivity (Wildman–Crippen MR) is 47.8 cm³/mol. The standard InChI is InChI=1S/C5H11NO2.C3H6O2/c1-4-5(7)6(2)8-3;1-3(4)5-2/h4H2,1-3H3;1-2H3. The lowest BCUT2D eigenvalue weighted by Gasteiger charge is -2.10. The van der Waals surface area contributed by atoms with Crippen molar-refractivity contribution in [3.8, 4) is 0 Å². The summed E-state index contributed by atoms with van der Waals surface area (Å²) in [7, 11) is 4.40. The monoisotopic (exact) mass is 191 g/mol. The van der Waals surface area contributed by atoms with E-state index in [1.165, 1.54) is 26.2 Å². The second kappa shape index (κ2) is 8.99. The van der Waals surface area contributed by atoms with E-state index in [1.807, 2.05) is 0 Å². The SMILES string of the molecule is CCC(=O)N(C)OC.COC(C)=O. The minimum absolute atomic E-state index is 0.00694. The van der Waals surface area contributed by atoms with Crippen molar-refractivity contribution in [3.63, 3.8) is 0 Å². The van der Waals surface area contributed by atoms with Gasteiger partial charge in [0.25, 0.3) is 0 Å². The van der Waals surface area contributed by atoms with E-state index in [4.69, 9.17) is 0 Å². The molecule has 0 radical (unpaired) electrons. The quantitative estimate of drug-likeness (QED) is 0.473. The predicted octanol–water partition coefficient (Wildman–Crippen LogP) is 0.596. The molecule has 1 amide bonds. The lowest BCUT2D eigenvalue weighted by molar-refractivity contribution is -0.168. The van der Waals surface area contributed by atoms with Crippen LogP contribution in [0, 0.1) is 0 Å². The normalized spacial score (nSPS) is 8.08. The lowest BCUT2D eigenvalue weighted by atomic mass is 10.5. The lowest BCUT2D eigenvalue weighted by Crippen LogP contribution is -2.23. The van der Waals surface area contributed by atoms with Crippen molar-refractivity contribution < 1.29 is 19.2 Å². The first kappa shape index (κ1) is 14.4. The largest absolute Gasteiger partial charge is 0.469 e. The van der Waals surface area contributed by atoms with Crippen LogP contribution in [0.15, 0.2) is 0 Å². The molecule has 0 bridgehead atoms. The van der Waals surface area contributed by atoms with Crippen molar-refractivity contribution in [2.45, 2.75) is 20.3 Å². The van der Waals surface area contributed by atoms with Crippen LogP contribution in [0.1, 0.15) is 20.3 Å². The number of hydroxylamine groups is 2. The summed E-state index contributed by atoms with van der Waals surface area (Å²) in [6.07, 6.45) is 0.490. The molecule has 0 atom stereocenters. The molecule has 0 fully saturated rings. The van der Waals surface area contributed by atoms with Gasteiger partial charge in [-0.1, -0.05) is 6.92 Å². The number of esters is 1. The second-order valence-corrected chi connectivity index (χ2v) is 2.12. The van der Waals surface area contributed by atoms with Crippen LogP contribution in [0.2, 0.25) is 0 Å². The Kier molecular flexibility index (Phi) is 9.98. The highest BCUT2D eigenvalue weighted by atomic mass is 16.7. The third kappa shape index (κ3) is 10.9. The molecule has 0 N–H and O–H groups in total. The first-order valence-corrected chi connectivity index (χ1v) is 3.84. The fraction of sp³-hybridized carbons (Fsp3) is 0.750. The Morgan fingerprint density at radius 3 is 1.77 bits per heavy atom. The van der Waals surface area contributed by atoms with E-state index in [9.17, 15) is 9.59 Å². The van der Waals surface area contributed by atoms with Gasteiger partial charge in [0.1, 0.15) is 0 Å². The summed E-state index contributed by atoms with van der Waals surface area (Å²) < 4.78 is 4.11. The maximum Gasteiger partial charge on any atom is 0.302 e. The molecule has 0 aliphatic heterocycles. The van der Waals surface area contributed by atoms with E-state index in [-0.39, 0.29) is 11.9 Å². The minimum Gasteiger partial charge on any atom is -0.469 e. The molecule has 0 aromatic heterocycles. The van der Waals surface area contributed by atoms with Crippen LogP contribution < -0.4 is 0 Å². The number of hydrogen-bond donors (Lipinski definition) is 0. The summed E-state index contributed by atoms with van der Waals surface area (Å²) >= 11 is 0. The average Bonchev–Trinajstić information content (AvgIpc) is 2.16. The van der Waals surface area contributed by atoms with Gasteiger partial charge in [0, 0.05) is 20.4 Å². The van der Waals surface area contributed by atoms with Crippen molar-refractivity contribution in [3.05, 3.63) is 0 Å². The summed E-state index contributed by atoms with van der Waals surface area (Å²) in [4.78, 5) is 24.7. The van der Waals surface area contributed by atoms with Gasteiger partial charge in [-0.25, -0.2) is 5.06 Å². The molecular weight excluding hydrogens is 174 g/mol. The molecule has 0 saturated heterocycles. The van der Waals surface area contributed by atoms with Gasteiger partial charge in [-0.05, 0) is 0 Å². The van der Waals surface area contributed by atoms with Gasteiger partial charge in [-0.3, -0.25) is 14.4 Å². The van der Waals surface area contributed by atoms with Gasteiger partial charge in [0.2, 0.25) is 5.91 Å². The topological polar surface area (TPSA) is 55.8 Å².